The van der Waals surface area contributed by atoms with Crippen molar-refractivity contribution < 1.29 is 0 Å². The Morgan fingerprint density at radius 3 is 2.65 bits per heavy atom. The van der Waals surface area contributed by atoms with Gasteiger partial charge in [0.15, 0.2) is 6.29 Å². The number of imidazole rings is 1. The molecule has 1 unspecified atom stereocenters. The Hall–Kier alpha value is -2.56. The summed E-state index contributed by atoms with van der Waals surface area (Å²) in [5, 5.41) is 11.8. The standard InChI is InChI=1S/C15H17N5/c1-11-13(12-6-4-3-5-7-12)18-15(19(2)14(11)16)20-9-8-17-10-20/h3-10,15-16,18H,1-2H3. The van der Waals surface area contributed by atoms with Crippen LogP contribution in [0, 0.1) is 5.41 Å². The molecule has 0 radical (unpaired) electrons. The Bertz CT molecular complexity index is 642. The van der Waals surface area contributed by atoms with E-state index in [9.17, 15) is 0 Å². The molecule has 2 heterocycles. The van der Waals surface area contributed by atoms with Gasteiger partial charge >= 0.3 is 0 Å². The summed E-state index contributed by atoms with van der Waals surface area (Å²) in [6.07, 6.45) is 5.26. The van der Waals surface area contributed by atoms with Crippen molar-refractivity contribution in [2.24, 2.45) is 0 Å². The molecule has 5 heteroatoms. The van der Waals surface area contributed by atoms with Crippen molar-refractivity contribution in [3.63, 3.8) is 0 Å². The molecule has 2 N–H and O–H groups in total. The lowest BCUT2D eigenvalue weighted by molar-refractivity contribution is 0.241. The van der Waals surface area contributed by atoms with Crippen molar-refractivity contribution in [2.45, 2.75) is 13.2 Å². The lowest BCUT2D eigenvalue weighted by Gasteiger charge is -2.38. The van der Waals surface area contributed by atoms with Gasteiger partial charge in [0.25, 0.3) is 0 Å². The van der Waals surface area contributed by atoms with Crippen LogP contribution in [0.4, 0.5) is 0 Å². The number of likely N-dealkylation sites (N-methyl/N-ethyl adjacent to an activating group) is 1. The molecule has 2 aromatic rings. The smallest absolute Gasteiger partial charge is 0.184 e. The summed E-state index contributed by atoms with van der Waals surface area (Å²) in [4.78, 5) is 5.98. The van der Waals surface area contributed by atoms with Crippen LogP contribution in [0.25, 0.3) is 5.70 Å². The summed E-state index contributed by atoms with van der Waals surface area (Å²) in [5.41, 5.74) is 3.02. The number of rotatable bonds is 2. The number of hydrogen-bond acceptors (Lipinski definition) is 3. The Balaban J connectivity index is 2.04. The highest BCUT2D eigenvalue weighted by molar-refractivity contribution is 6.03. The van der Waals surface area contributed by atoms with E-state index in [1.807, 2.05) is 47.8 Å². The second kappa shape index (κ2) is 4.85. The second-order valence-electron chi connectivity index (χ2n) is 4.85. The van der Waals surface area contributed by atoms with Crippen molar-refractivity contribution >= 4 is 11.5 Å². The molecule has 0 amide bonds. The van der Waals surface area contributed by atoms with E-state index in [0.29, 0.717) is 5.84 Å². The van der Waals surface area contributed by atoms with Crippen LogP contribution >= 0.6 is 0 Å². The van der Waals surface area contributed by atoms with Crippen LogP contribution in [-0.2, 0) is 0 Å². The molecule has 0 aliphatic carbocycles. The SMILES string of the molecule is CC1=C(c2ccccc2)NC(n2ccnc2)N(C)C1=N. The molecular weight excluding hydrogens is 250 g/mol. The molecule has 0 fully saturated rings. The van der Waals surface area contributed by atoms with E-state index in [2.05, 4.69) is 22.4 Å². The summed E-state index contributed by atoms with van der Waals surface area (Å²) in [7, 11) is 1.91. The first-order valence-electron chi connectivity index (χ1n) is 6.50. The Morgan fingerprint density at radius 1 is 1.25 bits per heavy atom. The van der Waals surface area contributed by atoms with Crippen molar-refractivity contribution in [3.8, 4) is 0 Å². The van der Waals surface area contributed by atoms with Gasteiger partial charge in [-0.15, -0.1) is 0 Å². The minimum Gasteiger partial charge on any atom is -0.347 e. The highest BCUT2D eigenvalue weighted by atomic mass is 15.4. The van der Waals surface area contributed by atoms with Crippen molar-refractivity contribution in [3.05, 3.63) is 60.2 Å². The average molecular weight is 267 g/mol. The van der Waals surface area contributed by atoms with Crippen molar-refractivity contribution in [1.29, 1.82) is 5.41 Å². The van der Waals surface area contributed by atoms with Gasteiger partial charge in [-0.05, 0) is 12.5 Å². The number of nitrogens with one attached hydrogen (secondary N) is 2. The molecule has 1 aromatic carbocycles. The van der Waals surface area contributed by atoms with Gasteiger partial charge in [-0.2, -0.15) is 0 Å². The van der Waals surface area contributed by atoms with E-state index < -0.39 is 0 Å². The first-order valence-corrected chi connectivity index (χ1v) is 6.50. The number of aromatic nitrogens is 2. The van der Waals surface area contributed by atoms with E-state index in [1.165, 1.54) is 0 Å². The zero-order valence-corrected chi connectivity index (χ0v) is 11.5. The number of hydrogen-bond donors (Lipinski definition) is 2. The van der Waals surface area contributed by atoms with Crippen molar-refractivity contribution in [2.75, 3.05) is 7.05 Å². The molecule has 3 rings (SSSR count). The summed E-state index contributed by atoms with van der Waals surface area (Å²) >= 11 is 0. The van der Waals surface area contributed by atoms with Gasteiger partial charge in [-0.1, -0.05) is 30.3 Å². The van der Waals surface area contributed by atoms with Crippen LogP contribution in [0.15, 0.2) is 54.6 Å². The molecule has 1 aliphatic rings. The van der Waals surface area contributed by atoms with Gasteiger partial charge in [-0.3, -0.25) is 9.98 Å². The van der Waals surface area contributed by atoms with Gasteiger partial charge in [0.1, 0.15) is 5.84 Å². The molecule has 0 saturated carbocycles. The van der Waals surface area contributed by atoms with E-state index in [0.717, 1.165) is 16.8 Å². The molecular formula is C15H17N5. The summed E-state index contributed by atoms with van der Waals surface area (Å²) in [6, 6.07) is 10.1. The zero-order valence-electron chi connectivity index (χ0n) is 11.5. The monoisotopic (exact) mass is 267 g/mol. The molecule has 0 spiro atoms. The maximum atomic E-state index is 8.31. The van der Waals surface area contributed by atoms with E-state index in [-0.39, 0.29) is 6.29 Å². The predicted octanol–water partition coefficient (Wildman–Crippen LogP) is 2.28. The first kappa shape index (κ1) is 12.5. The fourth-order valence-corrected chi connectivity index (χ4v) is 2.43. The Kier molecular flexibility index (Phi) is 3.02. The molecule has 102 valence electrons. The molecule has 20 heavy (non-hydrogen) atoms. The van der Waals surface area contributed by atoms with Crippen molar-refractivity contribution in [1.82, 2.24) is 19.8 Å². The van der Waals surface area contributed by atoms with Crippen LogP contribution in [0.1, 0.15) is 18.8 Å². The first-order chi connectivity index (χ1) is 9.68. The molecule has 0 bridgehead atoms. The van der Waals surface area contributed by atoms with Crippen LogP contribution < -0.4 is 5.32 Å². The largest absolute Gasteiger partial charge is 0.347 e. The third kappa shape index (κ3) is 1.97. The maximum absolute atomic E-state index is 8.31. The molecule has 5 nitrogen and oxygen atoms in total. The molecule has 0 saturated heterocycles. The van der Waals surface area contributed by atoms with E-state index in [1.54, 1.807) is 12.5 Å². The summed E-state index contributed by atoms with van der Waals surface area (Å²) in [5.74, 6) is 0.515. The predicted molar refractivity (Wildman–Crippen MR) is 78.9 cm³/mol. The third-order valence-corrected chi connectivity index (χ3v) is 3.59. The van der Waals surface area contributed by atoms with Crippen LogP contribution in [-0.4, -0.2) is 27.3 Å². The number of amidine groups is 1. The third-order valence-electron chi connectivity index (χ3n) is 3.59. The quantitative estimate of drug-likeness (QED) is 0.877. The van der Waals surface area contributed by atoms with Gasteiger partial charge in [0.05, 0.1) is 12.0 Å². The van der Waals surface area contributed by atoms with Gasteiger partial charge in [0.2, 0.25) is 0 Å². The lowest BCUT2D eigenvalue weighted by atomic mass is 10.0. The second-order valence-corrected chi connectivity index (χ2v) is 4.85. The highest BCUT2D eigenvalue weighted by Gasteiger charge is 2.27. The van der Waals surface area contributed by atoms with Crippen LogP contribution in [0.2, 0.25) is 0 Å². The van der Waals surface area contributed by atoms with Gasteiger partial charge < -0.3 is 10.2 Å². The molecule has 1 atom stereocenters. The fourth-order valence-electron chi connectivity index (χ4n) is 2.43. The minimum absolute atomic E-state index is 0.135. The summed E-state index contributed by atoms with van der Waals surface area (Å²) < 4.78 is 1.95. The zero-order chi connectivity index (χ0) is 14.1. The van der Waals surface area contributed by atoms with Crippen LogP contribution in [0.5, 0.6) is 0 Å². The number of benzene rings is 1. The molecule has 1 aliphatic heterocycles. The number of nitrogens with zero attached hydrogens (tertiary/aromatic N) is 3. The Morgan fingerprint density at radius 2 is 2.00 bits per heavy atom. The van der Waals surface area contributed by atoms with Crippen LogP contribution in [0.3, 0.4) is 0 Å². The maximum Gasteiger partial charge on any atom is 0.184 e. The topological polar surface area (TPSA) is 56.9 Å². The summed E-state index contributed by atoms with van der Waals surface area (Å²) in [6.45, 7) is 1.97. The lowest BCUT2D eigenvalue weighted by Crippen LogP contribution is -2.46. The van der Waals surface area contributed by atoms with E-state index >= 15 is 0 Å². The highest BCUT2D eigenvalue weighted by Crippen LogP contribution is 2.26. The van der Waals surface area contributed by atoms with Gasteiger partial charge in [-0.25, -0.2) is 4.98 Å². The van der Waals surface area contributed by atoms with Gasteiger partial charge in [0, 0.05) is 25.0 Å². The van der Waals surface area contributed by atoms with E-state index in [4.69, 9.17) is 5.41 Å². The normalized spacial score (nSPS) is 19.2. The molecule has 1 aromatic heterocycles. The Labute approximate surface area is 118 Å². The fraction of sp³-hybridized carbons (Fsp3) is 0.200. The minimum atomic E-state index is -0.135. The average Bonchev–Trinajstić information content (AvgIpc) is 3.00.